The summed E-state index contributed by atoms with van der Waals surface area (Å²) in [7, 11) is 0. The van der Waals surface area contributed by atoms with Gasteiger partial charge in [-0.25, -0.2) is 0 Å². The Morgan fingerprint density at radius 2 is 1.45 bits per heavy atom. The van der Waals surface area contributed by atoms with Crippen LogP contribution in [0.2, 0.25) is 0 Å². The molecule has 2 aliphatic rings. The van der Waals surface area contributed by atoms with E-state index in [-0.39, 0.29) is 6.01 Å². The van der Waals surface area contributed by atoms with Crippen molar-refractivity contribution in [3.63, 3.8) is 0 Å². The van der Waals surface area contributed by atoms with Crippen molar-refractivity contribution < 1.29 is 22.6 Å². The summed E-state index contributed by atoms with van der Waals surface area (Å²) in [6.07, 6.45) is -4.46. The van der Waals surface area contributed by atoms with Crippen molar-refractivity contribution in [2.75, 3.05) is 68.9 Å². The van der Waals surface area contributed by atoms with Gasteiger partial charge in [0.15, 0.2) is 6.61 Å². The third kappa shape index (κ3) is 6.17. The lowest BCUT2D eigenvalue weighted by molar-refractivity contribution is -0.154. The molecule has 1 aromatic heterocycles. The van der Waals surface area contributed by atoms with E-state index in [1.807, 2.05) is 28.0 Å². The molecule has 0 radical (unpaired) electrons. The maximum Gasteiger partial charge on any atom is 0.422 e. The summed E-state index contributed by atoms with van der Waals surface area (Å²) in [6.45, 7) is 4.49. The molecule has 1 aromatic carbocycles. The summed E-state index contributed by atoms with van der Waals surface area (Å²) >= 11 is 0. The van der Waals surface area contributed by atoms with E-state index in [0.717, 1.165) is 19.6 Å². The minimum atomic E-state index is -4.46. The molecule has 2 aliphatic heterocycles. The number of hydrogen-bond acceptors (Lipinski definition) is 8. The Kier molecular flexibility index (Phi) is 6.71. The van der Waals surface area contributed by atoms with Gasteiger partial charge in [-0.15, -0.1) is 0 Å². The normalized spacial score (nSPS) is 18.3. The molecule has 11 heteroatoms. The first kappa shape index (κ1) is 21.6. The number of hydrogen-bond donors (Lipinski definition) is 0. The highest BCUT2D eigenvalue weighted by Crippen LogP contribution is 2.22. The van der Waals surface area contributed by atoms with Gasteiger partial charge in [-0.05, 0) is 5.56 Å². The lowest BCUT2D eigenvalue weighted by atomic mass is 10.2. The summed E-state index contributed by atoms with van der Waals surface area (Å²) < 4.78 is 48.1. The number of ether oxygens (including phenoxy) is 2. The van der Waals surface area contributed by atoms with Gasteiger partial charge >= 0.3 is 12.2 Å². The number of nitrogens with zero attached hydrogens (tertiary/aromatic N) is 6. The fourth-order valence-corrected chi connectivity index (χ4v) is 3.54. The fourth-order valence-electron chi connectivity index (χ4n) is 3.54. The molecular weight excluding hydrogens is 413 g/mol. The zero-order chi connectivity index (χ0) is 21.7. The molecule has 0 saturated carbocycles. The maximum atomic E-state index is 12.6. The minimum absolute atomic E-state index is 0.310. The van der Waals surface area contributed by atoms with Crippen LogP contribution in [0.5, 0.6) is 6.01 Å². The average molecular weight is 438 g/mol. The van der Waals surface area contributed by atoms with E-state index >= 15 is 0 Å². The second kappa shape index (κ2) is 9.65. The molecule has 0 aliphatic carbocycles. The minimum Gasteiger partial charge on any atom is -0.454 e. The van der Waals surface area contributed by atoms with Crippen LogP contribution in [-0.4, -0.2) is 85.1 Å². The molecule has 0 unspecified atom stereocenters. The van der Waals surface area contributed by atoms with E-state index in [1.165, 1.54) is 5.56 Å². The van der Waals surface area contributed by atoms with Crippen molar-refractivity contribution in [3.8, 4) is 6.01 Å². The first-order valence-corrected chi connectivity index (χ1v) is 10.3. The van der Waals surface area contributed by atoms with Crippen LogP contribution in [-0.2, 0) is 11.3 Å². The standard InChI is InChI=1S/C20H25F3N6O2/c21-20(22,23)15-31-19-25-17(24-18(26-19)29-10-12-30-13-11-29)28-8-6-27(7-9-28)14-16-4-2-1-3-5-16/h1-5H,6-15H2. The Bertz CT molecular complexity index is 841. The molecule has 8 nitrogen and oxygen atoms in total. The smallest absolute Gasteiger partial charge is 0.422 e. The van der Waals surface area contributed by atoms with Crippen molar-refractivity contribution >= 4 is 11.9 Å². The molecule has 2 saturated heterocycles. The van der Waals surface area contributed by atoms with Gasteiger partial charge < -0.3 is 19.3 Å². The highest BCUT2D eigenvalue weighted by Gasteiger charge is 2.30. The Labute approximate surface area is 178 Å². The number of alkyl halides is 3. The predicted molar refractivity (Wildman–Crippen MR) is 108 cm³/mol. The third-order valence-corrected chi connectivity index (χ3v) is 5.15. The number of piperazine rings is 1. The topological polar surface area (TPSA) is 66.9 Å². The number of aromatic nitrogens is 3. The average Bonchev–Trinajstić information content (AvgIpc) is 2.79. The van der Waals surface area contributed by atoms with Gasteiger partial charge in [0, 0.05) is 45.8 Å². The first-order valence-electron chi connectivity index (χ1n) is 10.3. The van der Waals surface area contributed by atoms with Gasteiger partial charge in [0.1, 0.15) is 0 Å². The number of halogens is 3. The van der Waals surface area contributed by atoms with Crippen molar-refractivity contribution in [1.82, 2.24) is 19.9 Å². The maximum absolute atomic E-state index is 12.6. The predicted octanol–water partition coefficient (Wildman–Crippen LogP) is 1.97. The number of rotatable bonds is 6. The molecule has 168 valence electrons. The van der Waals surface area contributed by atoms with Crippen LogP contribution >= 0.6 is 0 Å². The Morgan fingerprint density at radius 3 is 2.06 bits per heavy atom. The van der Waals surface area contributed by atoms with Crippen molar-refractivity contribution in [1.29, 1.82) is 0 Å². The van der Waals surface area contributed by atoms with Gasteiger partial charge in [0.25, 0.3) is 0 Å². The molecule has 2 fully saturated rings. The van der Waals surface area contributed by atoms with Crippen LogP contribution < -0.4 is 14.5 Å². The lowest BCUT2D eigenvalue weighted by Gasteiger charge is -2.35. The Morgan fingerprint density at radius 1 is 0.839 bits per heavy atom. The number of morpholine rings is 1. The van der Waals surface area contributed by atoms with Gasteiger partial charge in [0.05, 0.1) is 13.2 Å². The zero-order valence-corrected chi connectivity index (χ0v) is 17.1. The van der Waals surface area contributed by atoms with E-state index in [1.54, 1.807) is 0 Å². The largest absolute Gasteiger partial charge is 0.454 e. The summed E-state index contributed by atoms with van der Waals surface area (Å²) in [6, 6.07) is 9.91. The molecule has 2 aromatic rings. The summed E-state index contributed by atoms with van der Waals surface area (Å²) in [5, 5.41) is 0. The highest BCUT2D eigenvalue weighted by atomic mass is 19.4. The quantitative estimate of drug-likeness (QED) is 0.679. The fraction of sp³-hybridized carbons (Fsp3) is 0.550. The monoisotopic (exact) mass is 438 g/mol. The van der Waals surface area contributed by atoms with Gasteiger partial charge in [-0.1, -0.05) is 30.3 Å². The molecule has 31 heavy (non-hydrogen) atoms. The number of benzene rings is 1. The molecule has 0 atom stereocenters. The van der Waals surface area contributed by atoms with Crippen LogP contribution in [0.1, 0.15) is 5.56 Å². The van der Waals surface area contributed by atoms with E-state index in [4.69, 9.17) is 9.47 Å². The molecule has 0 bridgehead atoms. The van der Waals surface area contributed by atoms with Crippen LogP contribution in [0, 0.1) is 0 Å². The molecule has 0 N–H and O–H groups in total. The summed E-state index contributed by atoms with van der Waals surface area (Å²) in [5.74, 6) is 0.658. The molecule has 0 spiro atoms. The van der Waals surface area contributed by atoms with Crippen molar-refractivity contribution in [3.05, 3.63) is 35.9 Å². The van der Waals surface area contributed by atoms with Crippen molar-refractivity contribution in [2.24, 2.45) is 0 Å². The molecular formula is C20H25F3N6O2. The van der Waals surface area contributed by atoms with Crippen molar-refractivity contribution in [2.45, 2.75) is 12.7 Å². The number of anilines is 2. The van der Waals surface area contributed by atoms with Crippen LogP contribution in [0.15, 0.2) is 30.3 Å². The van der Waals surface area contributed by atoms with Gasteiger partial charge in [-0.3, -0.25) is 4.90 Å². The van der Waals surface area contributed by atoms with E-state index < -0.39 is 12.8 Å². The SMILES string of the molecule is FC(F)(F)COc1nc(N2CCOCC2)nc(N2CCN(Cc3ccccc3)CC2)n1. The highest BCUT2D eigenvalue weighted by molar-refractivity contribution is 5.41. The lowest BCUT2D eigenvalue weighted by Crippen LogP contribution is -2.47. The summed E-state index contributed by atoms with van der Waals surface area (Å²) in [5.41, 5.74) is 1.24. The summed E-state index contributed by atoms with van der Waals surface area (Å²) in [4.78, 5) is 19.0. The van der Waals surface area contributed by atoms with Crippen LogP contribution in [0.4, 0.5) is 25.1 Å². The van der Waals surface area contributed by atoms with Gasteiger partial charge in [-0.2, -0.15) is 28.1 Å². The molecule has 4 rings (SSSR count). The molecule has 3 heterocycles. The van der Waals surface area contributed by atoms with Gasteiger partial charge in [0.2, 0.25) is 11.9 Å². The van der Waals surface area contributed by atoms with Crippen LogP contribution in [0.25, 0.3) is 0 Å². The Balaban J connectivity index is 1.46. The zero-order valence-electron chi connectivity index (χ0n) is 17.1. The second-order valence-corrected chi connectivity index (χ2v) is 7.47. The van der Waals surface area contributed by atoms with E-state index in [0.29, 0.717) is 51.3 Å². The third-order valence-electron chi connectivity index (χ3n) is 5.15. The first-order chi connectivity index (χ1) is 15.0. The van der Waals surface area contributed by atoms with Crippen LogP contribution in [0.3, 0.4) is 0 Å². The van der Waals surface area contributed by atoms with E-state index in [9.17, 15) is 13.2 Å². The Hall–Kier alpha value is -2.66. The van der Waals surface area contributed by atoms with E-state index in [2.05, 4.69) is 32.0 Å². The second-order valence-electron chi connectivity index (χ2n) is 7.47. The molecule has 0 amide bonds.